The Morgan fingerprint density at radius 3 is 2.18 bits per heavy atom. The molecule has 2 aromatic carbocycles. The minimum Gasteiger partial charge on any atom is -0.136 e. The monoisotopic (exact) mass is 232 g/mol. The second-order valence-corrected chi connectivity index (χ2v) is 5.85. The smallest absolute Gasteiger partial charge is 0.136 e. The van der Waals surface area contributed by atoms with Crippen LogP contribution in [-0.4, -0.2) is 31.4 Å². The summed E-state index contributed by atoms with van der Waals surface area (Å²) < 4.78 is 2.87. The zero-order valence-corrected chi connectivity index (χ0v) is 11.5. The quantitative estimate of drug-likeness (QED) is 0.364. The van der Waals surface area contributed by atoms with Crippen molar-refractivity contribution in [3.05, 3.63) is 24.3 Å². The second-order valence-electron chi connectivity index (χ2n) is 4.80. The summed E-state index contributed by atoms with van der Waals surface area (Å²) in [6.45, 7) is 0. The fourth-order valence-corrected chi connectivity index (χ4v) is 3.92. The van der Waals surface area contributed by atoms with Crippen LogP contribution in [-0.2, 0) is 0 Å². The van der Waals surface area contributed by atoms with Crippen molar-refractivity contribution < 1.29 is 0 Å². The molecule has 0 bridgehead atoms. The van der Waals surface area contributed by atoms with Crippen LogP contribution in [0.4, 0.5) is 0 Å². The van der Waals surface area contributed by atoms with Crippen LogP contribution in [0.15, 0.2) is 24.3 Å². The zero-order valence-electron chi connectivity index (χ0n) is 10.7. The molecule has 3 rings (SSSR count). The zero-order chi connectivity index (χ0) is 12.2. The molecule has 0 N–H and O–H groups in total. The van der Waals surface area contributed by atoms with Crippen molar-refractivity contribution in [2.75, 3.05) is 0 Å². The lowest BCUT2D eigenvalue weighted by Crippen LogP contribution is -2.47. The normalized spacial score (nSPS) is 11.3. The van der Waals surface area contributed by atoms with Gasteiger partial charge in [0.2, 0.25) is 0 Å². The van der Waals surface area contributed by atoms with Crippen LogP contribution in [0.25, 0.3) is 20.2 Å². The molecule has 17 heavy (non-hydrogen) atoms. The highest BCUT2D eigenvalue weighted by atomic mass is 32.1. The number of fused-ring (bicyclic) bond motifs is 3. The van der Waals surface area contributed by atoms with E-state index in [-0.39, 0.29) is 0 Å². The number of hydrogen-bond donors (Lipinski definition) is 0. The average Bonchev–Trinajstić information content (AvgIpc) is 2.73. The maximum Gasteiger partial charge on any atom is 0.140 e. The van der Waals surface area contributed by atoms with Crippen molar-refractivity contribution in [3.8, 4) is 0 Å². The molecule has 78 valence electrons. The Morgan fingerprint density at radius 2 is 1.41 bits per heavy atom. The molecule has 1 aromatic heterocycles. The van der Waals surface area contributed by atoms with E-state index in [2.05, 4.69) is 55.7 Å². The molecule has 0 aliphatic heterocycles. The summed E-state index contributed by atoms with van der Waals surface area (Å²) in [6, 6.07) is 8.74. The Balaban J connectivity index is 2.67. The highest BCUT2D eigenvalue weighted by Gasteiger charge is 2.12. The third-order valence-electron chi connectivity index (χ3n) is 4.00. The van der Waals surface area contributed by atoms with Crippen LogP contribution >= 0.6 is 11.3 Å². The predicted molar refractivity (Wildman–Crippen MR) is 92.0 cm³/mol. The highest BCUT2D eigenvalue weighted by Crippen LogP contribution is 2.30. The molecule has 0 aliphatic carbocycles. The molecule has 0 aliphatic rings. The lowest BCUT2D eigenvalue weighted by molar-refractivity contribution is 1.87. The second kappa shape index (κ2) is 3.71. The summed E-state index contributed by atoms with van der Waals surface area (Å²) in [6.07, 6.45) is 0. The fourth-order valence-electron chi connectivity index (χ4n) is 2.60. The first-order valence-electron chi connectivity index (χ1n) is 5.99. The SMILES string of the molecule is Bc1c(B)c(B)c2c(sc3ccccc32)c1B. The van der Waals surface area contributed by atoms with E-state index in [1.807, 2.05) is 11.3 Å². The largest absolute Gasteiger partial charge is 0.140 e. The molecule has 0 fully saturated rings. The molecule has 0 saturated carbocycles. The van der Waals surface area contributed by atoms with Gasteiger partial charge < -0.3 is 0 Å². The summed E-state index contributed by atoms with van der Waals surface area (Å²) in [5, 5.41) is 2.88. The Hall–Kier alpha value is -1.08. The van der Waals surface area contributed by atoms with Gasteiger partial charge in [0.05, 0.1) is 0 Å². The Bertz CT molecular complexity index is 745. The van der Waals surface area contributed by atoms with Gasteiger partial charge in [0, 0.05) is 9.40 Å². The van der Waals surface area contributed by atoms with Crippen molar-refractivity contribution in [3.63, 3.8) is 0 Å². The third-order valence-corrected chi connectivity index (χ3v) is 5.29. The van der Waals surface area contributed by atoms with Crippen molar-refractivity contribution in [2.24, 2.45) is 0 Å². The lowest BCUT2D eigenvalue weighted by atomic mass is 9.66. The molecule has 0 radical (unpaired) electrons. The molecule has 0 spiro atoms. The van der Waals surface area contributed by atoms with E-state index in [1.165, 1.54) is 42.0 Å². The Kier molecular flexibility index (Phi) is 2.41. The van der Waals surface area contributed by atoms with Crippen LogP contribution in [0.2, 0.25) is 0 Å². The van der Waals surface area contributed by atoms with Crippen LogP contribution in [0, 0.1) is 0 Å². The van der Waals surface area contributed by atoms with Crippen LogP contribution in [0.3, 0.4) is 0 Å². The first-order chi connectivity index (χ1) is 8.11. The van der Waals surface area contributed by atoms with Gasteiger partial charge in [0.25, 0.3) is 0 Å². The predicted octanol–water partition coefficient (Wildman–Crippen LogP) is -2.91. The molecule has 0 unspecified atom stereocenters. The summed E-state index contributed by atoms with van der Waals surface area (Å²) in [5.74, 6) is 0. The maximum atomic E-state index is 2.25. The molecule has 1 heterocycles. The Morgan fingerprint density at radius 1 is 0.765 bits per heavy atom. The summed E-state index contributed by atoms with van der Waals surface area (Å²) in [4.78, 5) is 0. The molecule has 0 saturated heterocycles. The van der Waals surface area contributed by atoms with Gasteiger partial charge in [-0.05, 0) is 16.8 Å². The lowest BCUT2D eigenvalue weighted by Gasteiger charge is -2.11. The van der Waals surface area contributed by atoms with Gasteiger partial charge in [-0.1, -0.05) is 29.1 Å². The van der Waals surface area contributed by atoms with E-state index in [9.17, 15) is 0 Å². The van der Waals surface area contributed by atoms with E-state index in [4.69, 9.17) is 0 Å². The molecular weight excluding hydrogens is 219 g/mol. The van der Waals surface area contributed by atoms with Gasteiger partial charge in [-0.15, -0.1) is 22.3 Å². The van der Waals surface area contributed by atoms with E-state index in [0.717, 1.165) is 0 Å². The topological polar surface area (TPSA) is 0 Å². The molecule has 0 atom stereocenters. The molecule has 0 nitrogen and oxygen atoms in total. The summed E-state index contributed by atoms with van der Waals surface area (Å²) in [7, 11) is 8.98. The van der Waals surface area contributed by atoms with E-state index in [1.54, 1.807) is 0 Å². The van der Waals surface area contributed by atoms with E-state index < -0.39 is 0 Å². The third kappa shape index (κ3) is 1.42. The number of thiophene rings is 1. The first-order valence-corrected chi connectivity index (χ1v) is 6.80. The van der Waals surface area contributed by atoms with Crippen LogP contribution in [0.5, 0.6) is 0 Å². The standard InChI is InChI=1S/C12H12B4S/c13-8-7-5-3-1-2-4-6(5)17-12(7)11(16)10(15)9(8)14/h1-4H,13-16H2. The van der Waals surface area contributed by atoms with Gasteiger partial charge in [-0.2, -0.15) is 0 Å². The first kappa shape index (κ1) is 11.0. The van der Waals surface area contributed by atoms with Crippen molar-refractivity contribution in [2.45, 2.75) is 0 Å². The summed E-state index contributed by atoms with van der Waals surface area (Å²) >= 11 is 1.93. The average molecular weight is 232 g/mol. The maximum absolute atomic E-state index is 2.25. The molecular formula is C12H12B4S. The molecule has 5 heteroatoms. The van der Waals surface area contributed by atoms with Crippen molar-refractivity contribution in [1.82, 2.24) is 0 Å². The molecule has 3 aromatic rings. The highest BCUT2D eigenvalue weighted by molar-refractivity contribution is 7.27. The minimum absolute atomic E-state index is 1.40. The van der Waals surface area contributed by atoms with Gasteiger partial charge in [-0.3, -0.25) is 0 Å². The Labute approximate surface area is 109 Å². The van der Waals surface area contributed by atoms with E-state index in [0.29, 0.717) is 0 Å². The molecule has 0 amide bonds. The van der Waals surface area contributed by atoms with Crippen molar-refractivity contribution >= 4 is 84.7 Å². The van der Waals surface area contributed by atoms with Gasteiger partial charge in [0.15, 0.2) is 0 Å². The fraction of sp³-hybridized carbons (Fsp3) is 0. The van der Waals surface area contributed by atoms with Crippen LogP contribution in [0.1, 0.15) is 0 Å². The van der Waals surface area contributed by atoms with Crippen molar-refractivity contribution in [1.29, 1.82) is 0 Å². The number of hydrogen-bond acceptors (Lipinski definition) is 1. The van der Waals surface area contributed by atoms with Gasteiger partial charge in [-0.25, -0.2) is 0 Å². The minimum atomic E-state index is 1.40. The van der Waals surface area contributed by atoms with E-state index >= 15 is 0 Å². The van der Waals surface area contributed by atoms with Gasteiger partial charge >= 0.3 is 0 Å². The number of benzene rings is 2. The number of rotatable bonds is 0. The summed E-state index contributed by atoms with van der Waals surface area (Å²) in [5.41, 5.74) is 5.78. The van der Waals surface area contributed by atoms with Crippen LogP contribution < -0.4 is 21.9 Å². The van der Waals surface area contributed by atoms with Gasteiger partial charge in [0.1, 0.15) is 31.4 Å².